The van der Waals surface area contributed by atoms with E-state index in [4.69, 9.17) is 5.11 Å². The predicted octanol–water partition coefficient (Wildman–Crippen LogP) is 2.76. The molecule has 1 aromatic heterocycles. The van der Waals surface area contributed by atoms with Crippen LogP contribution in [0.3, 0.4) is 0 Å². The Bertz CT molecular complexity index is 655. The van der Waals surface area contributed by atoms with Crippen LogP contribution in [0, 0.1) is 5.82 Å². The lowest BCUT2D eigenvalue weighted by Crippen LogP contribution is -2.24. The number of aliphatic hydroxyl groups is 1. The van der Waals surface area contributed by atoms with Gasteiger partial charge in [-0.15, -0.1) is 11.3 Å². The molecular formula is C16H19FN2O2S. The van der Waals surface area contributed by atoms with Gasteiger partial charge in [0.15, 0.2) is 0 Å². The van der Waals surface area contributed by atoms with Crippen molar-refractivity contribution in [1.29, 1.82) is 0 Å². The fourth-order valence-corrected chi connectivity index (χ4v) is 2.79. The molecule has 0 fully saturated rings. The minimum absolute atomic E-state index is 0.129. The molecule has 1 amide bonds. The van der Waals surface area contributed by atoms with E-state index in [1.807, 2.05) is 5.38 Å². The molecule has 118 valence electrons. The SMILES string of the molecule is CC(C)c1nc(CC(=O)NCc2ccc(F)c(CO)c2)cs1. The normalized spacial score (nSPS) is 11.0. The number of nitrogens with zero attached hydrogens (tertiary/aromatic N) is 1. The summed E-state index contributed by atoms with van der Waals surface area (Å²) in [5.41, 5.74) is 1.74. The molecule has 22 heavy (non-hydrogen) atoms. The van der Waals surface area contributed by atoms with Gasteiger partial charge in [0.1, 0.15) is 5.82 Å². The molecule has 1 heterocycles. The van der Waals surface area contributed by atoms with Gasteiger partial charge in [-0.3, -0.25) is 4.79 Å². The summed E-state index contributed by atoms with van der Waals surface area (Å²) in [4.78, 5) is 16.3. The highest BCUT2D eigenvalue weighted by molar-refractivity contribution is 7.09. The van der Waals surface area contributed by atoms with Crippen molar-refractivity contribution in [1.82, 2.24) is 10.3 Å². The number of carbonyl (C=O) groups excluding carboxylic acids is 1. The maximum Gasteiger partial charge on any atom is 0.226 e. The Balaban J connectivity index is 1.89. The molecule has 0 aliphatic heterocycles. The highest BCUT2D eigenvalue weighted by atomic mass is 32.1. The second-order valence-corrected chi connectivity index (χ2v) is 6.26. The van der Waals surface area contributed by atoms with Crippen molar-refractivity contribution in [3.63, 3.8) is 0 Å². The van der Waals surface area contributed by atoms with Crippen LogP contribution in [0.15, 0.2) is 23.6 Å². The van der Waals surface area contributed by atoms with Crippen LogP contribution in [-0.2, 0) is 24.4 Å². The van der Waals surface area contributed by atoms with Crippen molar-refractivity contribution < 1.29 is 14.3 Å². The Morgan fingerprint density at radius 1 is 1.45 bits per heavy atom. The van der Waals surface area contributed by atoms with Crippen molar-refractivity contribution in [3.05, 3.63) is 51.2 Å². The monoisotopic (exact) mass is 322 g/mol. The minimum Gasteiger partial charge on any atom is -0.392 e. The molecule has 0 aliphatic carbocycles. The molecule has 4 nitrogen and oxygen atoms in total. The molecule has 2 aromatic rings. The zero-order valence-electron chi connectivity index (χ0n) is 12.6. The van der Waals surface area contributed by atoms with Gasteiger partial charge in [0, 0.05) is 23.4 Å². The Kier molecular flexibility index (Phi) is 5.63. The summed E-state index contributed by atoms with van der Waals surface area (Å²) < 4.78 is 13.3. The first-order valence-electron chi connectivity index (χ1n) is 7.08. The molecular weight excluding hydrogens is 303 g/mol. The lowest BCUT2D eigenvalue weighted by atomic mass is 10.1. The Labute approximate surface area is 133 Å². The van der Waals surface area contributed by atoms with Crippen LogP contribution >= 0.6 is 11.3 Å². The van der Waals surface area contributed by atoms with Gasteiger partial charge < -0.3 is 10.4 Å². The second kappa shape index (κ2) is 7.47. The molecule has 0 radical (unpaired) electrons. The van der Waals surface area contributed by atoms with Crippen molar-refractivity contribution in [2.75, 3.05) is 0 Å². The Morgan fingerprint density at radius 2 is 2.23 bits per heavy atom. The molecule has 0 bridgehead atoms. The summed E-state index contributed by atoms with van der Waals surface area (Å²) in [6, 6.07) is 4.44. The van der Waals surface area contributed by atoms with Gasteiger partial charge in [0.25, 0.3) is 0 Å². The lowest BCUT2D eigenvalue weighted by molar-refractivity contribution is -0.120. The molecule has 0 unspecified atom stereocenters. The standard InChI is InChI=1S/C16H19FN2O2S/c1-10(2)16-19-13(9-22-16)6-15(21)18-7-11-3-4-14(17)12(5-11)8-20/h3-5,9-10,20H,6-8H2,1-2H3,(H,18,21). The number of thiazole rings is 1. The zero-order valence-corrected chi connectivity index (χ0v) is 13.4. The van der Waals surface area contributed by atoms with Crippen LogP contribution in [-0.4, -0.2) is 16.0 Å². The van der Waals surface area contributed by atoms with Crippen molar-refractivity contribution in [2.45, 2.75) is 39.3 Å². The van der Waals surface area contributed by atoms with E-state index in [-0.39, 0.29) is 24.5 Å². The molecule has 0 saturated heterocycles. The maximum atomic E-state index is 13.3. The number of nitrogens with one attached hydrogen (secondary N) is 1. The molecule has 1 aromatic carbocycles. The van der Waals surface area contributed by atoms with Gasteiger partial charge in [-0.25, -0.2) is 9.37 Å². The van der Waals surface area contributed by atoms with E-state index in [1.165, 1.54) is 6.07 Å². The molecule has 0 saturated carbocycles. The predicted molar refractivity (Wildman–Crippen MR) is 84.1 cm³/mol. The van der Waals surface area contributed by atoms with Crippen LogP contribution < -0.4 is 5.32 Å². The summed E-state index contributed by atoms with van der Waals surface area (Å²) in [6.07, 6.45) is 0.233. The average Bonchev–Trinajstić information content (AvgIpc) is 2.95. The van der Waals surface area contributed by atoms with E-state index in [1.54, 1.807) is 23.5 Å². The van der Waals surface area contributed by atoms with E-state index in [0.717, 1.165) is 16.3 Å². The number of carbonyl (C=O) groups is 1. The van der Waals surface area contributed by atoms with Gasteiger partial charge in [-0.05, 0) is 17.7 Å². The number of aliphatic hydroxyl groups excluding tert-OH is 1. The van der Waals surface area contributed by atoms with Crippen LogP contribution in [0.1, 0.15) is 41.6 Å². The summed E-state index contributed by atoms with van der Waals surface area (Å²) >= 11 is 1.56. The molecule has 0 spiro atoms. The molecule has 2 N–H and O–H groups in total. The topological polar surface area (TPSA) is 62.2 Å². The summed E-state index contributed by atoms with van der Waals surface area (Å²) in [5, 5.41) is 14.7. The van der Waals surface area contributed by atoms with Crippen molar-refractivity contribution in [2.24, 2.45) is 0 Å². The number of hydrogen-bond donors (Lipinski definition) is 2. The smallest absolute Gasteiger partial charge is 0.226 e. The second-order valence-electron chi connectivity index (χ2n) is 5.37. The third-order valence-corrected chi connectivity index (χ3v) is 4.37. The Hall–Kier alpha value is -1.79. The molecule has 0 aliphatic rings. The number of hydrogen-bond acceptors (Lipinski definition) is 4. The number of rotatable bonds is 6. The average molecular weight is 322 g/mol. The van der Waals surface area contributed by atoms with E-state index in [2.05, 4.69) is 24.1 Å². The van der Waals surface area contributed by atoms with E-state index >= 15 is 0 Å². The van der Waals surface area contributed by atoms with Crippen molar-refractivity contribution >= 4 is 17.2 Å². The van der Waals surface area contributed by atoms with Crippen molar-refractivity contribution in [3.8, 4) is 0 Å². The molecule has 0 atom stereocenters. The maximum absolute atomic E-state index is 13.3. The van der Waals surface area contributed by atoms with Crippen LogP contribution in [0.25, 0.3) is 0 Å². The van der Waals surface area contributed by atoms with E-state index in [0.29, 0.717) is 12.5 Å². The summed E-state index contributed by atoms with van der Waals surface area (Å²) in [6.45, 7) is 4.07. The first-order chi connectivity index (χ1) is 10.5. The minimum atomic E-state index is -0.443. The zero-order chi connectivity index (χ0) is 16.1. The highest BCUT2D eigenvalue weighted by Gasteiger charge is 2.10. The Morgan fingerprint density at radius 3 is 2.86 bits per heavy atom. The van der Waals surface area contributed by atoms with Crippen LogP contribution in [0.5, 0.6) is 0 Å². The van der Waals surface area contributed by atoms with Gasteiger partial charge >= 0.3 is 0 Å². The number of amides is 1. The summed E-state index contributed by atoms with van der Waals surface area (Å²) in [7, 11) is 0. The third-order valence-electron chi connectivity index (χ3n) is 3.18. The molecule has 2 rings (SSSR count). The van der Waals surface area contributed by atoms with Gasteiger partial charge in [-0.1, -0.05) is 19.9 Å². The highest BCUT2D eigenvalue weighted by Crippen LogP contribution is 2.19. The van der Waals surface area contributed by atoms with Crippen LogP contribution in [0.4, 0.5) is 4.39 Å². The van der Waals surface area contributed by atoms with Crippen LogP contribution in [0.2, 0.25) is 0 Å². The lowest BCUT2D eigenvalue weighted by Gasteiger charge is -2.06. The van der Waals surface area contributed by atoms with Gasteiger partial charge in [0.2, 0.25) is 5.91 Å². The third kappa shape index (κ3) is 4.35. The van der Waals surface area contributed by atoms with E-state index in [9.17, 15) is 9.18 Å². The largest absolute Gasteiger partial charge is 0.392 e. The fourth-order valence-electron chi connectivity index (χ4n) is 1.96. The van der Waals surface area contributed by atoms with Gasteiger partial charge in [0.05, 0.1) is 23.7 Å². The van der Waals surface area contributed by atoms with Gasteiger partial charge in [-0.2, -0.15) is 0 Å². The number of halogens is 1. The molecule has 6 heteroatoms. The quantitative estimate of drug-likeness (QED) is 0.859. The fraction of sp³-hybridized carbons (Fsp3) is 0.375. The number of benzene rings is 1. The van der Waals surface area contributed by atoms with E-state index < -0.39 is 5.82 Å². The number of aromatic nitrogens is 1. The first-order valence-corrected chi connectivity index (χ1v) is 7.96. The first kappa shape index (κ1) is 16.6. The summed E-state index contributed by atoms with van der Waals surface area (Å²) in [5.74, 6) is -0.213.